The van der Waals surface area contributed by atoms with Gasteiger partial charge in [0.25, 0.3) is 5.91 Å². The summed E-state index contributed by atoms with van der Waals surface area (Å²) in [6.45, 7) is 7.98. The first-order valence-electron chi connectivity index (χ1n) is 6.82. The van der Waals surface area contributed by atoms with E-state index in [1.165, 1.54) is 0 Å². The van der Waals surface area contributed by atoms with Crippen molar-refractivity contribution in [2.24, 2.45) is 0 Å². The van der Waals surface area contributed by atoms with Gasteiger partial charge in [-0.05, 0) is 26.8 Å². The van der Waals surface area contributed by atoms with Crippen molar-refractivity contribution in [2.75, 3.05) is 13.1 Å². The SMILES string of the molecule is C=CC(=O)NCCNC(=O)c1cnn(C(C)(C)C)c1C(F)(F)F. The van der Waals surface area contributed by atoms with Gasteiger partial charge in [0.1, 0.15) is 0 Å². The highest BCUT2D eigenvalue weighted by Crippen LogP contribution is 2.34. The highest BCUT2D eigenvalue weighted by atomic mass is 19.4. The Morgan fingerprint density at radius 2 is 1.83 bits per heavy atom. The van der Waals surface area contributed by atoms with E-state index in [-0.39, 0.29) is 13.1 Å². The maximum atomic E-state index is 13.3. The lowest BCUT2D eigenvalue weighted by Crippen LogP contribution is -2.35. The third-order valence-electron chi connectivity index (χ3n) is 2.81. The Morgan fingerprint density at radius 1 is 1.26 bits per heavy atom. The van der Waals surface area contributed by atoms with Crippen molar-refractivity contribution in [3.8, 4) is 0 Å². The van der Waals surface area contributed by atoms with Gasteiger partial charge in [-0.1, -0.05) is 6.58 Å². The fourth-order valence-corrected chi connectivity index (χ4v) is 1.83. The molecule has 0 saturated carbocycles. The molecule has 23 heavy (non-hydrogen) atoms. The standard InChI is InChI=1S/C14H19F3N4O2/c1-5-10(22)18-6-7-19-12(23)9-8-20-21(13(2,3)4)11(9)14(15,16)17/h5,8H,1,6-7H2,2-4H3,(H,18,22)(H,19,23). The number of hydrogen-bond acceptors (Lipinski definition) is 3. The van der Waals surface area contributed by atoms with Crippen LogP contribution in [0.4, 0.5) is 13.2 Å². The zero-order chi connectivity index (χ0) is 17.8. The van der Waals surface area contributed by atoms with Gasteiger partial charge >= 0.3 is 6.18 Å². The van der Waals surface area contributed by atoms with Crippen LogP contribution in [-0.4, -0.2) is 34.7 Å². The maximum absolute atomic E-state index is 13.3. The third-order valence-corrected chi connectivity index (χ3v) is 2.81. The monoisotopic (exact) mass is 332 g/mol. The summed E-state index contributed by atoms with van der Waals surface area (Å²) in [5.41, 5.74) is -2.58. The van der Waals surface area contributed by atoms with Crippen molar-refractivity contribution in [1.29, 1.82) is 0 Å². The van der Waals surface area contributed by atoms with Crippen LogP contribution < -0.4 is 10.6 Å². The number of rotatable bonds is 5. The summed E-state index contributed by atoms with van der Waals surface area (Å²) in [5.74, 6) is -1.34. The van der Waals surface area contributed by atoms with Crippen molar-refractivity contribution in [2.45, 2.75) is 32.5 Å². The molecule has 0 aliphatic heterocycles. The molecule has 6 nitrogen and oxygen atoms in total. The van der Waals surface area contributed by atoms with Crippen molar-refractivity contribution in [3.63, 3.8) is 0 Å². The summed E-state index contributed by atoms with van der Waals surface area (Å²) in [5, 5.41) is 8.41. The van der Waals surface area contributed by atoms with E-state index in [0.717, 1.165) is 17.0 Å². The lowest BCUT2D eigenvalue weighted by Gasteiger charge is -2.23. The molecular weight excluding hydrogens is 313 g/mol. The molecule has 9 heteroatoms. The van der Waals surface area contributed by atoms with E-state index in [2.05, 4.69) is 22.3 Å². The van der Waals surface area contributed by atoms with Crippen LogP contribution in [0.3, 0.4) is 0 Å². The van der Waals surface area contributed by atoms with Gasteiger partial charge in [-0.3, -0.25) is 14.3 Å². The summed E-state index contributed by atoms with van der Waals surface area (Å²) in [4.78, 5) is 22.9. The fourth-order valence-electron chi connectivity index (χ4n) is 1.83. The van der Waals surface area contributed by atoms with Crippen LogP contribution in [-0.2, 0) is 16.5 Å². The minimum Gasteiger partial charge on any atom is -0.351 e. The largest absolute Gasteiger partial charge is 0.433 e. The molecule has 0 radical (unpaired) electrons. The molecule has 1 aromatic heterocycles. The quantitative estimate of drug-likeness (QED) is 0.636. The zero-order valence-electron chi connectivity index (χ0n) is 13.1. The predicted molar refractivity (Wildman–Crippen MR) is 77.8 cm³/mol. The van der Waals surface area contributed by atoms with Crippen molar-refractivity contribution < 1.29 is 22.8 Å². The first-order chi connectivity index (χ1) is 10.5. The molecule has 2 N–H and O–H groups in total. The summed E-state index contributed by atoms with van der Waals surface area (Å²) < 4.78 is 40.6. The lowest BCUT2D eigenvalue weighted by molar-refractivity contribution is -0.146. The highest BCUT2D eigenvalue weighted by molar-refractivity contribution is 5.95. The molecular formula is C14H19F3N4O2. The molecule has 0 saturated heterocycles. The number of carbonyl (C=O) groups is 2. The summed E-state index contributed by atoms with van der Waals surface area (Å²) in [6, 6.07) is 0. The minimum absolute atomic E-state index is 0.0175. The Hall–Kier alpha value is -2.32. The second-order valence-corrected chi connectivity index (χ2v) is 5.74. The van der Waals surface area contributed by atoms with E-state index < -0.39 is 34.8 Å². The van der Waals surface area contributed by atoms with E-state index in [1.54, 1.807) is 20.8 Å². The van der Waals surface area contributed by atoms with Crippen molar-refractivity contribution >= 4 is 11.8 Å². The van der Waals surface area contributed by atoms with Gasteiger partial charge in [0.05, 0.1) is 17.3 Å². The smallest absolute Gasteiger partial charge is 0.351 e. The number of halogens is 3. The number of nitrogens with zero attached hydrogens (tertiary/aromatic N) is 2. The normalized spacial score (nSPS) is 11.9. The number of nitrogens with one attached hydrogen (secondary N) is 2. The molecule has 1 rings (SSSR count). The van der Waals surface area contributed by atoms with Crippen molar-refractivity contribution in [1.82, 2.24) is 20.4 Å². The van der Waals surface area contributed by atoms with Crippen LogP contribution in [0.25, 0.3) is 0 Å². The molecule has 2 amide bonds. The van der Waals surface area contributed by atoms with Crippen LogP contribution in [0, 0.1) is 0 Å². The topological polar surface area (TPSA) is 76.0 Å². The zero-order valence-corrected chi connectivity index (χ0v) is 13.1. The summed E-state index contributed by atoms with van der Waals surface area (Å²) >= 11 is 0. The maximum Gasteiger partial charge on any atom is 0.433 e. The van der Waals surface area contributed by atoms with Gasteiger partial charge in [-0.25, -0.2) is 0 Å². The number of carbonyl (C=O) groups excluding carboxylic acids is 2. The molecule has 0 aromatic carbocycles. The molecule has 128 valence electrons. The van der Waals surface area contributed by atoms with Crippen molar-refractivity contribution in [3.05, 3.63) is 30.1 Å². The second kappa shape index (κ2) is 6.84. The minimum atomic E-state index is -4.71. The second-order valence-electron chi connectivity index (χ2n) is 5.74. The highest BCUT2D eigenvalue weighted by Gasteiger charge is 2.42. The van der Waals surface area contributed by atoms with Crippen LogP contribution >= 0.6 is 0 Å². The third kappa shape index (κ3) is 4.83. The van der Waals surface area contributed by atoms with E-state index in [4.69, 9.17) is 0 Å². The van der Waals surface area contributed by atoms with E-state index in [0.29, 0.717) is 0 Å². The molecule has 0 atom stereocenters. The molecule has 0 bridgehead atoms. The average Bonchev–Trinajstić information content (AvgIpc) is 2.87. The first-order valence-corrected chi connectivity index (χ1v) is 6.82. The van der Waals surface area contributed by atoms with Crippen LogP contribution in [0.2, 0.25) is 0 Å². The molecule has 1 aromatic rings. The first kappa shape index (κ1) is 18.7. The number of aromatic nitrogens is 2. The Morgan fingerprint density at radius 3 is 2.30 bits per heavy atom. The van der Waals surface area contributed by atoms with Crippen LogP contribution in [0.15, 0.2) is 18.9 Å². The van der Waals surface area contributed by atoms with E-state index >= 15 is 0 Å². The van der Waals surface area contributed by atoms with Gasteiger partial charge in [0, 0.05) is 13.1 Å². The number of alkyl halides is 3. The number of amides is 2. The van der Waals surface area contributed by atoms with Gasteiger partial charge < -0.3 is 10.6 Å². The van der Waals surface area contributed by atoms with Gasteiger partial charge in [-0.2, -0.15) is 18.3 Å². The van der Waals surface area contributed by atoms with E-state index in [9.17, 15) is 22.8 Å². The fraction of sp³-hybridized carbons (Fsp3) is 0.500. The van der Waals surface area contributed by atoms with Crippen LogP contribution in [0.5, 0.6) is 0 Å². The van der Waals surface area contributed by atoms with Gasteiger partial charge in [0.15, 0.2) is 5.69 Å². The molecule has 0 fully saturated rings. The number of hydrogen-bond donors (Lipinski definition) is 2. The lowest BCUT2D eigenvalue weighted by atomic mass is 10.1. The molecule has 0 unspecified atom stereocenters. The van der Waals surface area contributed by atoms with Gasteiger partial charge in [0.2, 0.25) is 5.91 Å². The predicted octanol–water partition coefficient (Wildman–Crippen LogP) is 1.69. The Kier molecular flexibility index (Phi) is 5.57. The van der Waals surface area contributed by atoms with Crippen LogP contribution in [0.1, 0.15) is 36.8 Å². The molecule has 1 heterocycles. The Bertz CT molecular complexity index is 600. The molecule has 0 aliphatic rings. The van der Waals surface area contributed by atoms with Gasteiger partial charge in [-0.15, -0.1) is 0 Å². The Labute approximate surface area is 131 Å². The molecule has 0 spiro atoms. The Balaban J connectivity index is 2.91. The summed E-state index contributed by atoms with van der Waals surface area (Å²) in [7, 11) is 0. The van der Waals surface area contributed by atoms with E-state index in [1.807, 2.05) is 0 Å². The summed E-state index contributed by atoms with van der Waals surface area (Å²) in [6.07, 6.45) is -2.77. The average molecular weight is 332 g/mol. The molecule has 0 aliphatic carbocycles.